The first-order valence-electron chi connectivity index (χ1n) is 8.46. The zero-order valence-corrected chi connectivity index (χ0v) is 15.0. The molecule has 2 amide bonds. The summed E-state index contributed by atoms with van der Waals surface area (Å²) >= 11 is 0. The van der Waals surface area contributed by atoms with Crippen LogP contribution in [-0.4, -0.2) is 49.2 Å². The van der Waals surface area contributed by atoms with Crippen LogP contribution in [0.25, 0.3) is 0 Å². The van der Waals surface area contributed by atoms with Crippen LogP contribution in [0.3, 0.4) is 0 Å². The molecule has 2 heterocycles. The van der Waals surface area contributed by atoms with Crippen molar-refractivity contribution in [2.24, 2.45) is 0 Å². The van der Waals surface area contributed by atoms with Gasteiger partial charge in [-0.1, -0.05) is 18.2 Å². The van der Waals surface area contributed by atoms with Crippen LogP contribution in [0.1, 0.15) is 11.3 Å². The zero-order valence-electron chi connectivity index (χ0n) is 15.0. The van der Waals surface area contributed by atoms with E-state index in [0.29, 0.717) is 24.7 Å². The summed E-state index contributed by atoms with van der Waals surface area (Å²) in [6.07, 6.45) is 0. The van der Waals surface area contributed by atoms with Crippen molar-refractivity contribution in [2.45, 2.75) is 13.8 Å². The van der Waals surface area contributed by atoms with Crippen LogP contribution in [0, 0.1) is 13.8 Å². The molecule has 2 aromatic rings. The van der Waals surface area contributed by atoms with Crippen molar-refractivity contribution < 1.29 is 9.53 Å². The van der Waals surface area contributed by atoms with E-state index in [-0.39, 0.29) is 6.03 Å². The lowest BCUT2D eigenvalue weighted by molar-refractivity contribution is 0.208. The Labute approximate surface area is 148 Å². The third kappa shape index (κ3) is 3.84. The second-order valence-electron chi connectivity index (χ2n) is 6.19. The molecule has 1 saturated heterocycles. The number of hydrogen-bond donors (Lipinski definition) is 1. The zero-order chi connectivity index (χ0) is 17.8. The molecule has 0 bridgehead atoms. The highest BCUT2D eigenvalue weighted by Crippen LogP contribution is 2.25. The molecule has 6 nitrogen and oxygen atoms in total. The maximum atomic E-state index is 12.6. The van der Waals surface area contributed by atoms with E-state index >= 15 is 0 Å². The van der Waals surface area contributed by atoms with Crippen molar-refractivity contribution in [1.29, 1.82) is 0 Å². The number of carbonyl (C=O) groups is 1. The van der Waals surface area contributed by atoms with Gasteiger partial charge in [0.05, 0.1) is 7.11 Å². The van der Waals surface area contributed by atoms with Crippen molar-refractivity contribution >= 4 is 17.4 Å². The maximum Gasteiger partial charge on any atom is 0.322 e. The lowest BCUT2D eigenvalue weighted by atomic mass is 10.2. The van der Waals surface area contributed by atoms with E-state index in [9.17, 15) is 4.79 Å². The highest BCUT2D eigenvalue weighted by atomic mass is 16.5. The maximum absolute atomic E-state index is 12.6. The van der Waals surface area contributed by atoms with Gasteiger partial charge in [-0.25, -0.2) is 9.78 Å². The number of piperazine rings is 1. The first-order chi connectivity index (χ1) is 12.1. The summed E-state index contributed by atoms with van der Waals surface area (Å²) in [5, 5.41) is 2.93. The number of para-hydroxylation sites is 1. The fourth-order valence-electron chi connectivity index (χ4n) is 2.93. The SMILES string of the molecule is COc1nc(C)c(C)cc1NC(=O)N1CCN(c2ccccc2)CC1. The third-order valence-corrected chi connectivity index (χ3v) is 4.55. The van der Waals surface area contributed by atoms with Crippen LogP contribution in [-0.2, 0) is 0 Å². The topological polar surface area (TPSA) is 57.7 Å². The Hall–Kier alpha value is -2.76. The average Bonchev–Trinajstić information content (AvgIpc) is 2.65. The van der Waals surface area contributed by atoms with Crippen molar-refractivity contribution in [1.82, 2.24) is 9.88 Å². The lowest BCUT2D eigenvalue weighted by Crippen LogP contribution is -2.50. The quantitative estimate of drug-likeness (QED) is 0.933. The van der Waals surface area contributed by atoms with Gasteiger partial charge in [0.1, 0.15) is 5.69 Å². The molecule has 6 heteroatoms. The van der Waals surface area contributed by atoms with E-state index in [0.717, 1.165) is 24.3 Å². The van der Waals surface area contributed by atoms with Crippen LogP contribution in [0.4, 0.5) is 16.2 Å². The molecule has 1 aliphatic rings. The van der Waals surface area contributed by atoms with Gasteiger partial charge < -0.3 is 19.9 Å². The molecule has 0 unspecified atom stereocenters. The average molecular weight is 340 g/mol. The van der Waals surface area contributed by atoms with Crippen LogP contribution < -0.4 is 15.0 Å². The number of benzene rings is 1. The third-order valence-electron chi connectivity index (χ3n) is 4.55. The standard InChI is InChI=1S/C19H24N4O2/c1-14-13-17(18(25-3)20-15(14)2)21-19(24)23-11-9-22(10-12-23)16-7-5-4-6-8-16/h4-8,13H,9-12H2,1-3H3,(H,21,24). The Kier molecular flexibility index (Phi) is 5.07. The number of nitrogens with one attached hydrogen (secondary N) is 1. The highest BCUT2D eigenvalue weighted by molar-refractivity contribution is 5.91. The minimum atomic E-state index is -0.115. The molecule has 1 aromatic heterocycles. The summed E-state index contributed by atoms with van der Waals surface area (Å²) in [6.45, 7) is 6.89. The van der Waals surface area contributed by atoms with Crippen molar-refractivity contribution in [3.63, 3.8) is 0 Å². The Morgan fingerprint density at radius 3 is 2.44 bits per heavy atom. The largest absolute Gasteiger partial charge is 0.480 e. The smallest absolute Gasteiger partial charge is 0.322 e. The van der Waals surface area contributed by atoms with Crippen molar-refractivity contribution in [3.8, 4) is 5.88 Å². The molecule has 1 aliphatic heterocycles. The molecular formula is C19H24N4O2. The molecule has 132 valence electrons. The van der Waals surface area contributed by atoms with E-state index < -0.39 is 0 Å². The van der Waals surface area contributed by atoms with Crippen molar-refractivity contribution in [3.05, 3.63) is 47.7 Å². The molecule has 0 spiro atoms. The Morgan fingerprint density at radius 2 is 1.80 bits per heavy atom. The summed E-state index contributed by atoms with van der Waals surface area (Å²) in [4.78, 5) is 21.1. The fraction of sp³-hybridized carbons (Fsp3) is 0.368. The first kappa shape index (κ1) is 17.1. The normalized spacial score (nSPS) is 14.4. The number of nitrogens with zero attached hydrogens (tertiary/aromatic N) is 3. The number of urea groups is 1. The van der Waals surface area contributed by atoms with Crippen LogP contribution in [0.15, 0.2) is 36.4 Å². The predicted molar refractivity (Wildman–Crippen MR) is 99.5 cm³/mol. The fourth-order valence-corrected chi connectivity index (χ4v) is 2.93. The monoisotopic (exact) mass is 340 g/mol. The van der Waals surface area contributed by atoms with Gasteiger partial charge in [-0.05, 0) is 37.6 Å². The number of aryl methyl sites for hydroxylation is 2. The molecule has 0 saturated carbocycles. The molecule has 1 aromatic carbocycles. The molecule has 3 rings (SSSR count). The van der Waals surface area contributed by atoms with Gasteiger partial charge in [-0.2, -0.15) is 0 Å². The summed E-state index contributed by atoms with van der Waals surface area (Å²) in [5.41, 5.74) is 3.72. The summed E-state index contributed by atoms with van der Waals surface area (Å²) in [5.74, 6) is 0.444. The number of amides is 2. The highest BCUT2D eigenvalue weighted by Gasteiger charge is 2.22. The number of hydrogen-bond acceptors (Lipinski definition) is 4. The van der Waals surface area contributed by atoms with Gasteiger partial charge in [0.2, 0.25) is 5.88 Å². The molecule has 1 fully saturated rings. The predicted octanol–water partition coefficient (Wildman–Crippen LogP) is 3.06. The van der Waals surface area contributed by atoms with Gasteiger partial charge in [0.15, 0.2) is 0 Å². The van der Waals surface area contributed by atoms with Gasteiger partial charge in [-0.3, -0.25) is 0 Å². The number of ether oxygens (including phenoxy) is 1. The van der Waals surface area contributed by atoms with E-state index in [4.69, 9.17) is 4.74 Å². The number of aromatic nitrogens is 1. The van der Waals surface area contributed by atoms with Crippen LogP contribution in [0.5, 0.6) is 5.88 Å². The minimum absolute atomic E-state index is 0.115. The molecular weight excluding hydrogens is 316 g/mol. The van der Waals surface area contributed by atoms with Gasteiger partial charge >= 0.3 is 6.03 Å². The Morgan fingerprint density at radius 1 is 1.12 bits per heavy atom. The molecule has 0 aliphatic carbocycles. The summed E-state index contributed by atoms with van der Waals surface area (Å²) in [6, 6.07) is 12.1. The van der Waals surface area contributed by atoms with Gasteiger partial charge in [-0.15, -0.1) is 0 Å². The molecule has 25 heavy (non-hydrogen) atoms. The number of carbonyl (C=O) groups excluding carboxylic acids is 1. The number of rotatable bonds is 3. The second-order valence-corrected chi connectivity index (χ2v) is 6.19. The van der Waals surface area contributed by atoms with Crippen molar-refractivity contribution in [2.75, 3.05) is 43.5 Å². The second kappa shape index (κ2) is 7.42. The summed E-state index contributed by atoms with van der Waals surface area (Å²) < 4.78 is 5.29. The Bertz CT molecular complexity index is 741. The van der Waals surface area contributed by atoms with E-state index in [1.165, 1.54) is 5.69 Å². The number of methoxy groups -OCH3 is 1. The van der Waals surface area contributed by atoms with Crippen LogP contribution >= 0.6 is 0 Å². The van der Waals surface area contributed by atoms with Gasteiger partial charge in [0, 0.05) is 37.6 Å². The van der Waals surface area contributed by atoms with E-state index in [2.05, 4.69) is 27.3 Å². The van der Waals surface area contributed by atoms with Crippen LogP contribution in [0.2, 0.25) is 0 Å². The summed E-state index contributed by atoms with van der Waals surface area (Å²) in [7, 11) is 1.56. The molecule has 0 radical (unpaired) electrons. The first-order valence-corrected chi connectivity index (χ1v) is 8.46. The number of pyridine rings is 1. The lowest BCUT2D eigenvalue weighted by Gasteiger charge is -2.36. The molecule has 0 atom stereocenters. The Balaban J connectivity index is 1.63. The molecule has 1 N–H and O–H groups in total. The van der Waals surface area contributed by atoms with E-state index in [1.54, 1.807) is 7.11 Å². The van der Waals surface area contributed by atoms with E-state index in [1.807, 2.05) is 43.0 Å². The van der Waals surface area contributed by atoms with Gasteiger partial charge in [0.25, 0.3) is 0 Å². The number of anilines is 2. The minimum Gasteiger partial charge on any atom is -0.480 e.